The Morgan fingerprint density at radius 1 is 1.04 bits per heavy atom. The van der Waals surface area contributed by atoms with E-state index in [2.05, 4.69) is 25.0 Å². The largest absolute Gasteiger partial charge is 0.370 e. The van der Waals surface area contributed by atoms with Crippen LogP contribution in [0, 0.1) is 0 Å². The third-order valence-electron chi connectivity index (χ3n) is 4.91. The fourth-order valence-electron chi connectivity index (χ4n) is 3.51. The van der Waals surface area contributed by atoms with Gasteiger partial charge in [0.25, 0.3) is 5.91 Å². The summed E-state index contributed by atoms with van der Waals surface area (Å²) in [5.74, 6) is 0.789. The van der Waals surface area contributed by atoms with Crippen LogP contribution < -0.4 is 9.80 Å². The molecule has 3 heterocycles. The van der Waals surface area contributed by atoms with Crippen LogP contribution in [0.25, 0.3) is 0 Å². The number of aromatic nitrogens is 3. The number of amides is 1. The summed E-state index contributed by atoms with van der Waals surface area (Å²) >= 11 is 6.44. The number of halogens is 1. The molecule has 7 nitrogen and oxygen atoms in total. The Kier molecular flexibility index (Phi) is 4.48. The first-order chi connectivity index (χ1) is 12.2. The molecule has 2 aliphatic heterocycles. The second-order valence-electron chi connectivity index (χ2n) is 6.45. The zero-order chi connectivity index (χ0) is 17.2. The average molecular weight is 361 g/mol. The normalized spacial score (nSPS) is 18.0. The minimum absolute atomic E-state index is 0.0343. The van der Waals surface area contributed by atoms with E-state index in [0.29, 0.717) is 23.7 Å². The van der Waals surface area contributed by atoms with Crippen LogP contribution in [-0.2, 0) is 0 Å². The average Bonchev–Trinajstić information content (AvgIpc) is 3.35. The van der Waals surface area contributed by atoms with E-state index in [4.69, 9.17) is 11.6 Å². The van der Waals surface area contributed by atoms with Gasteiger partial charge in [-0.1, -0.05) is 11.6 Å². The van der Waals surface area contributed by atoms with Gasteiger partial charge in [-0.25, -0.2) is 5.10 Å². The van der Waals surface area contributed by atoms with Crippen LogP contribution in [0.4, 0.5) is 11.6 Å². The van der Waals surface area contributed by atoms with Gasteiger partial charge in [0, 0.05) is 44.8 Å². The van der Waals surface area contributed by atoms with E-state index >= 15 is 0 Å². The Bertz CT molecular complexity index is 736. The van der Waals surface area contributed by atoms with Gasteiger partial charge < -0.3 is 14.7 Å². The number of aromatic amines is 1. The summed E-state index contributed by atoms with van der Waals surface area (Å²) in [5.41, 5.74) is 1.69. The molecule has 2 aromatic rings. The molecule has 0 atom stereocenters. The monoisotopic (exact) mass is 360 g/mol. The second kappa shape index (κ2) is 6.92. The molecular weight excluding hydrogens is 340 g/mol. The van der Waals surface area contributed by atoms with Gasteiger partial charge in [0.2, 0.25) is 5.95 Å². The fourth-order valence-corrected chi connectivity index (χ4v) is 3.81. The van der Waals surface area contributed by atoms with Crippen molar-refractivity contribution in [2.24, 2.45) is 0 Å². The zero-order valence-corrected chi connectivity index (χ0v) is 14.7. The van der Waals surface area contributed by atoms with Gasteiger partial charge in [-0.2, -0.15) is 10.1 Å². The molecule has 0 unspecified atom stereocenters. The molecule has 8 heteroatoms. The standard InChI is InChI=1S/C17H21ClN6O/c18-14-11-13(3-4-15(14)22-5-1-2-6-22)16(25)23-7-9-24(10-8-23)17-19-12-20-21-17/h3-4,11-12H,1-2,5-10H2,(H,19,20,21). The quantitative estimate of drug-likeness (QED) is 0.907. The van der Waals surface area contributed by atoms with Crippen molar-refractivity contribution in [3.05, 3.63) is 35.1 Å². The molecule has 1 aromatic carbocycles. The number of carbonyl (C=O) groups excluding carboxylic acids is 1. The summed E-state index contributed by atoms with van der Waals surface area (Å²) in [6.45, 7) is 4.87. The van der Waals surface area contributed by atoms with Crippen molar-refractivity contribution in [1.29, 1.82) is 0 Å². The molecule has 132 valence electrons. The molecule has 1 N–H and O–H groups in total. The van der Waals surface area contributed by atoms with Gasteiger partial charge in [-0.3, -0.25) is 4.79 Å². The first-order valence-corrected chi connectivity index (χ1v) is 9.04. The number of rotatable bonds is 3. The summed E-state index contributed by atoms with van der Waals surface area (Å²) in [6.07, 6.45) is 3.90. The van der Waals surface area contributed by atoms with E-state index in [9.17, 15) is 4.79 Å². The minimum Gasteiger partial charge on any atom is -0.370 e. The van der Waals surface area contributed by atoms with Crippen LogP contribution in [0.1, 0.15) is 23.2 Å². The van der Waals surface area contributed by atoms with Gasteiger partial charge in [-0.15, -0.1) is 0 Å². The van der Waals surface area contributed by atoms with Crippen molar-refractivity contribution >= 4 is 29.1 Å². The highest BCUT2D eigenvalue weighted by molar-refractivity contribution is 6.33. The minimum atomic E-state index is 0.0343. The van der Waals surface area contributed by atoms with Crippen LogP contribution in [0.15, 0.2) is 24.5 Å². The van der Waals surface area contributed by atoms with E-state index < -0.39 is 0 Å². The van der Waals surface area contributed by atoms with E-state index in [0.717, 1.165) is 37.8 Å². The lowest BCUT2D eigenvalue weighted by atomic mass is 10.1. The van der Waals surface area contributed by atoms with E-state index in [-0.39, 0.29) is 5.91 Å². The number of carbonyl (C=O) groups is 1. The van der Waals surface area contributed by atoms with Gasteiger partial charge in [0.1, 0.15) is 6.33 Å². The molecule has 4 rings (SSSR count). The molecule has 1 amide bonds. The molecule has 2 saturated heterocycles. The number of piperazine rings is 1. The predicted molar refractivity (Wildman–Crippen MR) is 97.4 cm³/mol. The molecule has 0 radical (unpaired) electrons. The Balaban J connectivity index is 1.42. The van der Waals surface area contributed by atoms with Gasteiger partial charge in [0.15, 0.2) is 0 Å². The molecule has 25 heavy (non-hydrogen) atoms. The summed E-state index contributed by atoms with van der Waals surface area (Å²) in [7, 11) is 0. The molecule has 2 aliphatic rings. The molecule has 0 saturated carbocycles. The molecule has 1 aromatic heterocycles. The van der Waals surface area contributed by atoms with E-state index in [1.54, 1.807) is 6.07 Å². The highest BCUT2D eigenvalue weighted by atomic mass is 35.5. The number of nitrogens with zero attached hydrogens (tertiary/aromatic N) is 5. The van der Waals surface area contributed by atoms with Crippen LogP contribution in [-0.4, -0.2) is 65.3 Å². The first-order valence-electron chi connectivity index (χ1n) is 8.66. The van der Waals surface area contributed by atoms with Crippen molar-refractivity contribution in [3.63, 3.8) is 0 Å². The molecular formula is C17H21ClN6O. The molecule has 0 aliphatic carbocycles. The SMILES string of the molecule is O=C(c1ccc(N2CCCC2)c(Cl)c1)N1CCN(c2ncn[nH]2)CC1. The van der Waals surface area contributed by atoms with Gasteiger partial charge in [0.05, 0.1) is 10.7 Å². The number of hydrogen-bond acceptors (Lipinski definition) is 5. The number of anilines is 2. The molecule has 2 fully saturated rings. The van der Waals surface area contributed by atoms with Crippen LogP contribution in [0.3, 0.4) is 0 Å². The Morgan fingerprint density at radius 2 is 1.80 bits per heavy atom. The highest BCUT2D eigenvalue weighted by Crippen LogP contribution is 2.30. The second-order valence-corrected chi connectivity index (χ2v) is 6.86. The fraction of sp³-hybridized carbons (Fsp3) is 0.471. The summed E-state index contributed by atoms with van der Waals surface area (Å²) in [4.78, 5) is 23.2. The van der Waals surface area contributed by atoms with Gasteiger partial charge >= 0.3 is 0 Å². The number of H-pyrrole nitrogens is 1. The predicted octanol–water partition coefficient (Wildman–Crippen LogP) is 2.02. The van der Waals surface area contributed by atoms with Crippen molar-refractivity contribution in [2.75, 3.05) is 49.1 Å². The zero-order valence-electron chi connectivity index (χ0n) is 14.0. The number of nitrogens with one attached hydrogen (secondary N) is 1. The Hall–Kier alpha value is -2.28. The number of hydrogen-bond donors (Lipinski definition) is 1. The van der Waals surface area contributed by atoms with Crippen LogP contribution in [0.2, 0.25) is 5.02 Å². The van der Waals surface area contributed by atoms with Crippen molar-refractivity contribution in [3.8, 4) is 0 Å². The topological polar surface area (TPSA) is 68.4 Å². The lowest BCUT2D eigenvalue weighted by Crippen LogP contribution is -2.49. The molecule has 0 bridgehead atoms. The summed E-state index contributed by atoms with van der Waals surface area (Å²) < 4.78 is 0. The third kappa shape index (κ3) is 3.28. The van der Waals surface area contributed by atoms with Crippen molar-refractivity contribution in [2.45, 2.75) is 12.8 Å². The maximum atomic E-state index is 12.8. The van der Waals surface area contributed by atoms with Crippen LogP contribution >= 0.6 is 11.6 Å². The first kappa shape index (κ1) is 16.2. The van der Waals surface area contributed by atoms with E-state index in [1.807, 2.05) is 17.0 Å². The lowest BCUT2D eigenvalue weighted by Gasteiger charge is -2.34. The van der Waals surface area contributed by atoms with Crippen molar-refractivity contribution in [1.82, 2.24) is 20.1 Å². The lowest BCUT2D eigenvalue weighted by molar-refractivity contribution is 0.0746. The van der Waals surface area contributed by atoms with Gasteiger partial charge in [-0.05, 0) is 31.0 Å². The number of benzene rings is 1. The third-order valence-corrected chi connectivity index (χ3v) is 5.21. The van der Waals surface area contributed by atoms with E-state index in [1.165, 1.54) is 19.2 Å². The Morgan fingerprint density at radius 3 is 2.44 bits per heavy atom. The molecule has 0 spiro atoms. The smallest absolute Gasteiger partial charge is 0.254 e. The maximum Gasteiger partial charge on any atom is 0.254 e. The summed E-state index contributed by atoms with van der Waals surface area (Å²) in [5, 5.41) is 7.40. The highest BCUT2D eigenvalue weighted by Gasteiger charge is 2.24. The Labute approximate surface area is 151 Å². The van der Waals surface area contributed by atoms with Crippen LogP contribution in [0.5, 0.6) is 0 Å². The summed E-state index contributed by atoms with van der Waals surface area (Å²) in [6, 6.07) is 5.68. The maximum absolute atomic E-state index is 12.8. The van der Waals surface area contributed by atoms with Crippen molar-refractivity contribution < 1.29 is 4.79 Å².